The zero-order valence-corrected chi connectivity index (χ0v) is 22.8. The lowest BCUT2D eigenvalue weighted by atomic mass is 10.0. The molecule has 4 heteroatoms. The van der Waals surface area contributed by atoms with E-state index in [0.29, 0.717) is 39.8 Å². The maximum atomic E-state index is 8.48. The molecule has 4 nitrogen and oxygen atoms in total. The molecular weight excluding hydrogens is 526 g/mol. The number of hydrogen-bond acceptors (Lipinski definition) is 4. The predicted octanol–water partition coefficient (Wildman–Crippen LogP) is 10.1. The van der Waals surface area contributed by atoms with Crippen molar-refractivity contribution in [2.24, 2.45) is 0 Å². The monoisotopic (exact) mass is 556 g/mol. The number of benzene rings is 6. The Morgan fingerprint density at radius 3 is 1.86 bits per heavy atom. The summed E-state index contributed by atoms with van der Waals surface area (Å²) < 4.78 is 47.6. The molecule has 0 spiro atoms. The summed E-state index contributed by atoms with van der Waals surface area (Å²) in [5.74, 6) is 1.49. The first-order valence-electron chi connectivity index (χ1n) is 16.4. The minimum Gasteiger partial charge on any atom is -0.455 e. The molecule has 0 aliphatic heterocycles. The van der Waals surface area contributed by atoms with Gasteiger partial charge in [-0.2, -0.15) is 0 Å². The summed E-state index contributed by atoms with van der Waals surface area (Å²) in [5.41, 5.74) is 6.30. The summed E-state index contributed by atoms with van der Waals surface area (Å²) in [7, 11) is 0. The predicted molar refractivity (Wildman–Crippen MR) is 174 cm³/mol. The summed E-state index contributed by atoms with van der Waals surface area (Å²) in [6.45, 7) is 0. The Hall–Kier alpha value is -5.87. The highest BCUT2D eigenvalue weighted by Gasteiger charge is 2.18. The molecule has 0 fully saturated rings. The quantitative estimate of drug-likeness (QED) is 0.212. The van der Waals surface area contributed by atoms with E-state index < -0.39 is 6.04 Å². The van der Waals surface area contributed by atoms with Gasteiger partial charge in [0.15, 0.2) is 17.5 Å². The van der Waals surface area contributed by atoms with Crippen LogP contribution in [0.4, 0.5) is 0 Å². The Bertz CT molecular complexity index is 2490. The van der Waals surface area contributed by atoms with Crippen LogP contribution in [0.2, 0.25) is 0 Å². The van der Waals surface area contributed by atoms with Crippen molar-refractivity contribution >= 4 is 21.9 Å². The van der Waals surface area contributed by atoms with Crippen LogP contribution in [0.1, 0.15) is 6.85 Å². The van der Waals surface area contributed by atoms with Crippen molar-refractivity contribution in [3.63, 3.8) is 0 Å². The third-order valence-corrected chi connectivity index (χ3v) is 7.42. The normalized spacial score (nSPS) is 12.9. The van der Waals surface area contributed by atoms with Gasteiger partial charge in [-0.3, -0.25) is 0 Å². The zero-order chi connectivity index (χ0) is 32.9. The molecule has 8 aromatic rings. The van der Waals surface area contributed by atoms with Crippen LogP contribution >= 0.6 is 0 Å². The van der Waals surface area contributed by atoms with Gasteiger partial charge < -0.3 is 4.42 Å². The van der Waals surface area contributed by atoms with E-state index in [9.17, 15) is 0 Å². The van der Waals surface area contributed by atoms with Gasteiger partial charge in [0, 0.05) is 21.9 Å². The fraction of sp³-hybridized carbons (Fsp3) is 0. The third-order valence-electron chi connectivity index (χ3n) is 7.42. The van der Waals surface area contributed by atoms with Crippen molar-refractivity contribution < 1.29 is 11.3 Å². The minimum atomic E-state index is -0.424. The Kier molecular flexibility index (Phi) is 4.91. The van der Waals surface area contributed by atoms with Crippen molar-refractivity contribution in [3.05, 3.63) is 152 Å². The Morgan fingerprint density at radius 1 is 0.442 bits per heavy atom. The van der Waals surface area contributed by atoms with Gasteiger partial charge >= 0.3 is 0 Å². The average Bonchev–Trinajstić information content (AvgIpc) is 3.52. The molecule has 0 bridgehead atoms. The van der Waals surface area contributed by atoms with E-state index in [0.717, 1.165) is 33.0 Å². The molecule has 0 N–H and O–H groups in total. The molecule has 202 valence electrons. The van der Waals surface area contributed by atoms with Crippen molar-refractivity contribution in [2.75, 3.05) is 0 Å². The lowest BCUT2D eigenvalue weighted by Gasteiger charge is -2.10. The van der Waals surface area contributed by atoms with Gasteiger partial charge in [-0.25, -0.2) is 15.0 Å². The molecule has 0 saturated carbocycles. The van der Waals surface area contributed by atoms with Gasteiger partial charge in [-0.05, 0) is 46.5 Å². The molecule has 8 rings (SSSR count). The molecule has 0 aliphatic carbocycles. The molecule has 0 unspecified atom stereocenters. The number of nitrogens with zero attached hydrogens (tertiary/aromatic N) is 3. The maximum absolute atomic E-state index is 8.48. The number of aromatic nitrogens is 3. The Labute approximate surface area is 256 Å². The molecule has 0 saturated heterocycles. The van der Waals surface area contributed by atoms with E-state index in [1.807, 2.05) is 84.9 Å². The number of furan rings is 1. The van der Waals surface area contributed by atoms with Crippen LogP contribution in [0, 0.1) is 0 Å². The molecule has 0 amide bonds. The standard InChI is InChI=1S/C39H25N3O/c1-4-12-26(13-5-1)29-18-10-19-31(24-29)38-40-37(28-16-8-3-9-17-28)41-39(42-38)33-21-11-20-32-34-25-30(27-14-6-2-7-15-27)22-23-35(34)43-36(32)33/h1-25H/i2D,6D,7D,14D,15D. The van der Waals surface area contributed by atoms with Crippen molar-refractivity contribution in [2.45, 2.75) is 0 Å². The first-order chi connectivity index (χ1) is 23.4. The summed E-state index contributed by atoms with van der Waals surface area (Å²) in [6, 6.07) is 37.4. The van der Waals surface area contributed by atoms with Gasteiger partial charge in [-0.15, -0.1) is 0 Å². The van der Waals surface area contributed by atoms with Crippen molar-refractivity contribution in [3.8, 4) is 56.4 Å². The van der Waals surface area contributed by atoms with Crippen molar-refractivity contribution in [1.29, 1.82) is 0 Å². The van der Waals surface area contributed by atoms with E-state index in [1.54, 1.807) is 12.1 Å². The number of rotatable bonds is 5. The molecule has 2 aromatic heterocycles. The smallest absolute Gasteiger partial charge is 0.167 e. The Morgan fingerprint density at radius 2 is 1.07 bits per heavy atom. The maximum Gasteiger partial charge on any atom is 0.167 e. The highest BCUT2D eigenvalue weighted by atomic mass is 16.3. The number of hydrogen-bond donors (Lipinski definition) is 0. The van der Waals surface area contributed by atoms with Crippen molar-refractivity contribution in [1.82, 2.24) is 15.0 Å². The molecule has 2 heterocycles. The van der Waals surface area contributed by atoms with Crippen LogP contribution in [0.15, 0.2) is 156 Å². The minimum absolute atomic E-state index is 0.140. The second kappa shape index (κ2) is 10.5. The third kappa shape index (κ3) is 4.65. The van der Waals surface area contributed by atoms with Gasteiger partial charge in [0.25, 0.3) is 0 Å². The second-order valence-electron chi connectivity index (χ2n) is 10.1. The summed E-state index contributed by atoms with van der Waals surface area (Å²) in [5, 5.41) is 1.52. The SMILES string of the molecule is [2H]c1c([2H])c([2H])c(-c2ccc3oc4c(-c5nc(-c6ccccc6)nc(-c6cccc(-c7ccccc7)c6)n5)cccc4c3c2)c([2H])c1[2H]. The van der Waals surface area contributed by atoms with E-state index >= 15 is 0 Å². The lowest BCUT2D eigenvalue weighted by Crippen LogP contribution is -2.00. The lowest BCUT2D eigenvalue weighted by molar-refractivity contribution is 0.669. The molecular formula is C39H25N3O. The molecule has 0 atom stereocenters. The van der Waals surface area contributed by atoms with E-state index in [2.05, 4.69) is 24.3 Å². The Balaban J connectivity index is 1.31. The van der Waals surface area contributed by atoms with Crippen LogP contribution in [0.5, 0.6) is 0 Å². The van der Waals surface area contributed by atoms with E-state index in [4.69, 9.17) is 26.2 Å². The molecule has 0 aliphatic rings. The summed E-state index contributed by atoms with van der Waals surface area (Å²) in [4.78, 5) is 14.8. The largest absolute Gasteiger partial charge is 0.455 e. The fourth-order valence-electron chi connectivity index (χ4n) is 5.33. The van der Waals surface area contributed by atoms with E-state index in [1.165, 1.54) is 0 Å². The number of para-hydroxylation sites is 1. The van der Waals surface area contributed by atoms with Crippen LogP contribution in [-0.2, 0) is 0 Å². The number of fused-ring (bicyclic) bond motifs is 3. The van der Waals surface area contributed by atoms with Gasteiger partial charge in [0.1, 0.15) is 11.2 Å². The second-order valence-corrected chi connectivity index (χ2v) is 10.1. The van der Waals surface area contributed by atoms with Crippen LogP contribution in [0.3, 0.4) is 0 Å². The van der Waals surface area contributed by atoms with Gasteiger partial charge in [0.2, 0.25) is 0 Å². The van der Waals surface area contributed by atoms with Crippen LogP contribution in [0.25, 0.3) is 78.4 Å². The highest BCUT2D eigenvalue weighted by molar-refractivity contribution is 6.10. The van der Waals surface area contributed by atoms with Gasteiger partial charge in [0.05, 0.1) is 12.4 Å². The average molecular weight is 557 g/mol. The zero-order valence-electron chi connectivity index (χ0n) is 27.8. The topological polar surface area (TPSA) is 51.8 Å². The fourth-order valence-corrected chi connectivity index (χ4v) is 5.33. The van der Waals surface area contributed by atoms with E-state index in [-0.39, 0.29) is 29.7 Å². The summed E-state index contributed by atoms with van der Waals surface area (Å²) in [6.07, 6.45) is 0. The van der Waals surface area contributed by atoms with Crippen LogP contribution in [-0.4, -0.2) is 15.0 Å². The molecule has 6 aromatic carbocycles. The van der Waals surface area contributed by atoms with Gasteiger partial charge in [-0.1, -0.05) is 127 Å². The summed E-state index contributed by atoms with van der Waals surface area (Å²) >= 11 is 0. The molecule has 0 radical (unpaired) electrons. The highest BCUT2D eigenvalue weighted by Crippen LogP contribution is 2.37. The van der Waals surface area contributed by atoms with Crippen LogP contribution < -0.4 is 0 Å². The first kappa shape index (κ1) is 20.1. The first-order valence-corrected chi connectivity index (χ1v) is 13.9. The molecule has 43 heavy (non-hydrogen) atoms.